The molecule has 0 radical (unpaired) electrons. The number of nitrogens with zero attached hydrogens (tertiary/aromatic N) is 1. The van der Waals surface area contributed by atoms with Crippen molar-refractivity contribution in [2.24, 2.45) is 0 Å². The topological polar surface area (TPSA) is 41.6 Å². The first-order chi connectivity index (χ1) is 20.2. The summed E-state index contributed by atoms with van der Waals surface area (Å²) in [6.45, 7) is 2.00. The van der Waals surface area contributed by atoms with Crippen molar-refractivity contribution in [3.05, 3.63) is 136 Å². The van der Waals surface area contributed by atoms with Crippen LogP contribution in [0.2, 0.25) is 20.1 Å². The van der Waals surface area contributed by atoms with Gasteiger partial charge in [-0.3, -0.25) is 0 Å². The van der Waals surface area contributed by atoms with Gasteiger partial charge in [0.2, 0.25) is 0 Å². The van der Waals surface area contributed by atoms with Gasteiger partial charge < -0.3 is 15.0 Å². The largest absolute Gasteiger partial charge is 0.463 e. The van der Waals surface area contributed by atoms with E-state index in [1.165, 1.54) is 0 Å². The van der Waals surface area contributed by atoms with E-state index in [2.05, 4.69) is 42.1 Å². The third kappa shape index (κ3) is 6.80. The smallest absolute Gasteiger partial charge is 0.338 e. The Morgan fingerprint density at radius 3 is 1.93 bits per heavy atom. The van der Waals surface area contributed by atoms with Crippen LogP contribution in [0.15, 0.2) is 105 Å². The second-order valence-corrected chi connectivity index (χ2v) is 13.1. The highest BCUT2D eigenvalue weighted by Gasteiger charge is 2.43. The van der Waals surface area contributed by atoms with Crippen LogP contribution in [0.1, 0.15) is 36.6 Å². The molecule has 42 heavy (non-hydrogen) atoms. The van der Waals surface area contributed by atoms with Crippen LogP contribution in [0.4, 0.5) is 11.4 Å². The first-order valence-electron chi connectivity index (χ1n) is 13.0. The van der Waals surface area contributed by atoms with Gasteiger partial charge in [0, 0.05) is 52.5 Å². The summed E-state index contributed by atoms with van der Waals surface area (Å²) < 4.78 is 7.54. The number of ether oxygens (including phenoxy) is 1. The molecule has 1 aliphatic rings. The molecule has 0 amide bonds. The average Bonchev–Trinajstić information content (AvgIpc) is 2.94. The van der Waals surface area contributed by atoms with Gasteiger partial charge in [0.25, 0.3) is 0 Å². The number of esters is 1. The molecule has 1 aliphatic heterocycles. The van der Waals surface area contributed by atoms with Gasteiger partial charge in [-0.05, 0) is 90.8 Å². The Kier molecular flexibility index (Phi) is 10.1. The maximum absolute atomic E-state index is 13.9. The second kappa shape index (κ2) is 13.6. The summed E-state index contributed by atoms with van der Waals surface area (Å²) in [6.07, 6.45) is 0.406. The van der Waals surface area contributed by atoms with Gasteiger partial charge in [-0.1, -0.05) is 90.4 Å². The summed E-state index contributed by atoms with van der Waals surface area (Å²) in [6, 6.07) is 25.4. The molecule has 0 aromatic heterocycles. The normalized spacial score (nSPS) is 16.9. The van der Waals surface area contributed by atoms with Crippen LogP contribution in [0.5, 0.6) is 0 Å². The number of carbonyl (C=O) groups is 1. The minimum absolute atomic E-state index is 0.208. The zero-order valence-corrected chi connectivity index (χ0v) is 28.4. The van der Waals surface area contributed by atoms with Crippen molar-refractivity contribution in [1.29, 1.82) is 0 Å². The molecule has 216 valence electrons. The van der Waals surface area contributed by atoms with Crippen molar-refractivity contribution in [2.45, 2.75) is 25.4 Å². The Morgan fingerprint density at radius 2 is 1.38 bits per heavy atom. The summed E-state index contributed by atoms with van der Waals surface area (Å²) in [4.78, 5) is 16.1. The lowest BCUT2D eigenvalue weighted by Gasteiger charge is -2.46. The molecule has 0 aliphatic carbocycles. The highest BCUT2D eigenvalue weighted by atomic mass is 79.9. The molecule has 0 saturated carbocycles. The first-order valence-corrected chi connectivity index (χ1v) is 16.1. The predicted molar refractivity (Wildman–Crippen MR) is 181 cm³/mol. The maximum Gasteiger partial charge on any atom is 0.338 e. The molecule has 0 bridgehead atoms. The van der Waals surface area contributed by atoms with Gasteiger partial charge in [0.1, 0.15) is 0 Å². The van der Waals surface area contributed by atoms with Crippen molar-refractivity contribution in [1.82, 2.24) is 0 Å². The molecule has 2 atom stereocenters. The lowest BCUT2D eigenvalue weighted by atomic mass is 9.84. The standard InChI is InChI=1S/C32H24Br2Cl4N2O2/c1-2-42-32(41)30-28(39-22-9-3-18(33)4-10-22)17-29(24-13-7-20(35)15-26(24)37)40(23-11-5-19(34)6-12-23)31(30)25-14-8-21(36)16-27(25)38/h3-16,29,31,39H,2,17H2,1H3. The molecule has 0 spiro atoms. The van der Waals surface area contributed by atoms with Gasteiger partial charge in [0.05, 0.1) is 24.3 Å². The van der Waals surface area contributed by atoms with Crippen LogP contribution in [-0.4, -0.2) is 12.6 Å². The van der Waals surface area contributed by atoms with E-state index < -0.39 is 12.0 Å². The Bertz CT molecular complexity index is 1650. The van der Waals surface area contributed by atoms with Crippen molar-refractivity contribution < 1.29 is 9.53 Å². The third-order valence-electron chi connectivity index (χ3n) is 6.95. The molecule has 2 unspecified atom stereocenters. The Hall–Kier alpha value is -2.19. The van der Waals surface area contributed by atoms with E-state index in [1.54, 1.807) is 25.1 Å². The molecular weight excluding hydrogens is 746 g/mol. The highest BCUT2D eigenvalue weighted by molar-refractivity contribution is 9.10. The number of rotatable bonds is 7. The molecule has 0 fully saturated rings. The van der Waals surface area contributed by atoms with Crippen molar-refractivity contribution in [3.63, 3.8) is 0 Å². The molecular formula is C32H24Br2Cl4N2O2. The molecule has 4 aromatic carbocycles. The Morgan fingerprint density at radius 1 is 0.833 bits per heavy atom. The molecule has 4 aromatic rings. The fourth-order valence-corrected chi connectivity index (χ4v) is 6.73. The highest BCUT2D eigenvalue weighted by Crippen LogP contribution is 2.51. The summed E-state index contributed by atoms with van der Waals surface area (Å²) in [5.74, 6) is -0.448. The van der Waals surface area contributed by atoms with E-state index in [4.69, 9.17) is 51.1 Å². The predicted octanol–water partition coefficient (Wildman–Crippen LogP) is 11.4. The lowest BCUT2D eigenvalue weighted by Crippen LogP contribution is -2.42. The number of halogens is 6. The fraction of sp³-hybridized carbons (Fsp3) is 0.156. The zero-order chi connectivity index (χ0) is 30.0. The molecule has 1 N–H and O–H groups in total. The fourth-order valence-electron chi connectivity index (χ4n) is 5.16. The summed E-state index contributed by atoms with van der Waals surface area (Å²) >= 11 is 33.5. The number of hydrogen-bond acceptors (Lipinski definition) is 4. The van der Waals surface area contributed by atoms with E-state index in [9.17, 15) is 4.79 Å². The van der Waals surface area contributed by atoms with E-state index in [0.717, 1.165) is 25.9 Å². The van der Waals surface area contributed by atoms with Crippen molar-refractivity contribution >= 4 is 95.6 Å². The van der Waals surface area contributed by atoms with Gasteiger partial charge in [0.15, 0.2) is 0 Å². The number of carbonyl (C=O) groups excluding carboxylic acids is 1. The minimum atomic E-state index is -0.668. The first kappa shape index (κ1) is 31.2. The molecule has 5 rings (SSSR count). The lowest BCUT2D eigenvalue weighted by molar-refractivity contribution is -0.139. The molecule has 0 saturated heterocycles. The van der Waals surface area contributed by atoms with Crippen LogP contribution >= 0.6 is 78.3 Å². The summed E-state index contributed by atoms with van der Waals surface area (Å²) in [7, 11) is 0. The van der Waals surface area contributed by atoms with E-state index in [0.29, 0.717) is 43.3 Å². The zero-order valence-electron chi connectivity index (χ0n) is 22.2. The Labute approximate surface area is 281 Å². The second-order valence-electron chi connectivity index (χ2n) is 9.58. The molecule has 1 heterocycles. The number of anilines is 2. The molecule has 4 nitrogen and oxygen atoms in total. The summed E-state index contributed by atoms with van der Waals surface area (Å²) in [5.41, 5.74) is 4.34. The monoisotopic (exact) mass is 766 g/mol. The Balaban J connectivity index is 1.82. The van der Waals surface area contributed by atoms with Crippen LogP contribution in [0.3, 0.4) is 0 Å². The van der Waals surface area contributed by atoms with Crippen LogP contribution in [0.25, 0.3) is 0 Å². The van der Waals surface area contributed by atoms with Crippen LogP contribution in [-0.2, 0) is 9.53 Å². The SMILES string of the molecule is CCOC(=O)C1=C(Nc2ccc(Br)cc2)CC(c2ccc(Cl)cc2Cl)N(c2ccc(Br)cc2)C1c1ccc(Cl)cc1Cl. The minimum Gasteiger partial charge on any atom is -0.463 e. The maximum atomic E-state index is 13.9. The number of benzene rings is 4. The van der Waals surface area contributed by atoms with E-state index in [-0.39, 0.29) is 12.6 Å². The number of nitrogens with one attached hydrogen (secondary N) is 1. The third-order valence-corrected chi connectivity index (χ3v) is 9.13. The summed E-state index contributed by atoms with van der Waals surface area (Å²) in [5, 5.41) is 5.47. The van der Waals surface area contributed by atoms with Gasteiger partial charge in [-0.25, -0.2) is 4.79 Å². The van der Waals surface area contributed by atoms with Crippen LogP contribution in [0, 0.1) is 0 Å². The van der Waals surface area contributed by atoms with E-state index in [1.807, 2.05) is 66.7 Å². The number of hydrogen-bond donors (Lipinski definition) is 1. The van der Waals surface area contributed by atoms with Gasteiger partial charge in [-0.15, -0.1) is 0 Å². The van der Waals surface area contributed by atoms with E-state index >= 15 is 0 Å². The average molecular weight is 770 g/mol. The van der Waals surface area contributed by atoms with Crippen molar-refractivity contribution in [2.75, 3.05) is 16.8 Å². The van der Waals surface area contributed by atoms with Crippen LogP contribution < -0.4 is 10.2 Å². The van der Waals surface area contributed by atoms with Crippen molar-refractivity contribution in [3.8, 4) is 0 Å². The van der Waals surface area contributed by atoms with Gasteiger partial charge in [-0.2, -0.15) is 0 Å². The van der Waals surface area contributed by atoms with Gasteiger partial charge >= 0.3 is 5.97 Å². The molecule has 10 heteroatoms. The quantitative estimate of drug-likeness (QED) is 0.190.